The molecule has 0 saturated heterocycles. The molecule has 2 N–H and O–H groups in total. The molecule has 0 aliphatic rings. The van der Waals surface area contributed by atoms with Crippen molar-refractivity contribution in [1.82, 2.24) is 5.32 Å². The highest BCUT2D eigenvalue weighted by atomic mass is 16.6. The molecule has 8 heteroatoms. The predicted octanol–water partition coefficient (Wildman–Crippen LogP) is 3.71. The third-order valence-electron chi connectivity index (χ3n) is 3.79. The van der Waals surface area contributed by atoms with Crippen LogP contribution in [0.15, 0.2) is 76.8 Å². The highest BCUT2D eigenvalue weighted by molar-refractivity contribution is 6.02. The third kappa shape index (κ3) is 4.31. The minimum Gasteiger partial charge on any atom is -0.477 e. The number of nitro groups is 1. The molecular formula is C20H14N2O6. The number of hydrogen-bond donors (Lipinski definition) is 2. The minimum atomic E-state index is -1.35. The summed E-state index contributed by atoms with van der Waals surface area (Å²) in [6.45, 7) is 0. The number of nitrogens with zero attached hydrogens (tertiary/aromatic N) is 1. The number of carbonyl (C=O) groups is 2. The number of furan rings is 1. The molecule has 0 fully saturated rings. The van der Waals surface area contributed by atoms with Gasteiger partial charge in [-0.3, -0.25) is 14.9 Å². The fourth-order valence-corrected chi connectivity index (χ4v) is 2.41. The number of amides is 1. The second kappa shape index (κ2) is 8.00. The van der Waals surface area contributed by atoms with Crippen LogP contribution in [-0.2, 0) is 4.79 Å². The first-order chi connectivity index (χ1) is 13.4. The fraction of sp³-hybridized carbons (Fsp3) is 0. The average molecular weight is 378 g/mol. The zero-order valence-corrected chi connectivity index (χ0v) is 14.4. The van der Waals surface area contributed by atoms with Crippen LogP contribution in [0.5, 0.6) is 0 Å². The number of carbonyl (C=O) groups excluding carboxylic acids is 1. The van der Waals surface area contributed by atoms with Gasteiger partial charge in [-0.05, 0) is 24.3 Å². The number of hydrogen-bond acceptors (Lipinski definition) is 5. The Bertz CT molecular complexity index is 1050. The number of nitrogens with one attached hydrogen (secondary N) is 1. The van der Waals surface area contributed by atoms with Crippen molar-refractivity contribution in [2.24, 2.45) is 0 Å². The molecule has 0 aliphatic carbocycles. The van der Waals surface area contributed by atoms with Crippen LogP contribution in [-0.4, -0.2) is 21.9 Å². The van der Waals surface area contributed by atoms with E-state index in [2.05, 4.69) is 5.32 Å². The van der Waals surface area contributed by atoms with Crippen LogP contribution in [0.25, 0.3) is 17.4 Å². The number of carboxylic acid groups (broad SMARTS) is 1. The van der Waals surface area contributed by atoms with Crippen LogP contribution >= 0.6 is 0 Å². The van der Waals surface area contributed by atoms with E-state index in [0.717, 1.165) is 17.7 Å². The van der Waals surface area contributed by atoms with Crippen molar-refractivity contribution < 1.29 is 24.0 Å². The zero-order chi connectivity index (χ0) is 20.1. The normalized spacial score (nSPS) is 11.1. The maximum absolute atomic E-state index is 12.2. The van der Waals surface area contributed by atoms with Crippen molar-refractivity contribution in [2.45, 2.75) is 0 Å². The van der Waals surface area contributed by atoms with E-state index in [4.69, 9.17) is 4.42 Å². The second-order valence-electron chi connectivity index (χ2n) is 5.69. The Labute approximate surface area is 158 Å². The lowest BCUT2D eigenvalue weighted by Crippen LogP contribution is -2.27. The molecule has 0 radical (unpaired) electrons. The lowest BCUT2D eigenvalue weighted by Gasteiger charge is -2.05. The Morgan fingerprint density at radius 2 is 1.68 bits per heavy atom. The molecule has 0 atom stereocenters. The van der Waals surface area contributed by atoms with Gasteiger partial charge in [-0.15, -0.1) is 0 Å². The van der Waals surface area contributed by atoms with Crippen molar-refractivity contribution in [3.8, 4) is 11.3 Å². The highest BCUT2D eigenvalue weighted by Gasteiger charge is 2.16. The molecule has 2 aromatic carbocycles. The van der Waals surface area contributed by atoms with Gasteiger partial charge < -0.3 is 14.8 Å². The van der Waals surface area contributed by atoms with Gasteiger partial charge in [0.2, 0.25) is 0 Å². The predicted molar refractivity (Wildman–Crippen MR) is 100 cm³/mol. The lowest BCUT2D eigenvalue weighted by molar-refractivity contribution is -0.384. The molecule has 3 rings (SSSR count). The Balaban J connectivity index is 1.80. The molecule has 1 amide bonds. The maximum atomic E-state index is 12.2. The number of rotatable bonds is 6. The van der Waals surface area contributed by atoms with E-state index in [-0.39, 0.29) is 17.0 Å². The fourth-order valence-electron chi connectivity index (χ4n) is 2.41. The van der Waals surface area contributed by atoms with Crippen LogP contribution in [0.4, 0.5) is 5.69 Å². The van der Waals surface area contributed by atoms with E-state index in [1.165, 1.54) is 18.2 Å². The molecule has 3 aromatic rings. The first-order valence-corrected chi connectivity index (χ1v) is 8.10. The van der Waals surface area contributed by atoms with Crippen LogP contribution < -0.4 is 5.32 Å². The smallest absolute Gasteiger partial charge is 0.352 e. The number of carboxylic acids is 1. The Hall–Kier alpha value is -4.20. The Morgan fingerprint density at radius 3 is 2.29 bits per heavy atom. The largest absolute Gasteiger partial charge is 0.477 e. The standard InChI is InChI=1S/C20H14N2O6/c23-19(14-6-8-15(9-7-14)22(26)27)21-17(20(24)25)12-16-10-11-18(28-16)13-4-2-1-3-5-13/h1-12H,(H,21,23)(H,24,25). The number of benzene rings is 2. The molecular weight excluding hydrogens is 364 g/mol. The maximum Gasteiger partial charge on any atom is 0.352 e. The summed E-state index contributed by atoms with van der Waals surface area (Å²) in [4.78, 5) is 33.8. The van der Waals surface area contributed by atoms with Gasteiger partial charge in [0.25, 0.3) is 11.6 Å². The van der Waals surface area contributed by atoms with Gasteiger partial charge in [0.1, 0.15) is 17.2 Å². The topological polar surface area (TPSA) is 123 Å². The van der Waals surface area contributed by atoms with Crippen molar-refractivity contribution in [2.75, 3.05) is 0 Å². The SMILES string of the molecule is O=C(O)C(=Cc1ccc(-c2ccccc2)o1)NC(=O)c1ccc([N+](=O)[O-])cc1. The summed E-state index contributed by atoms with van der Waals surface area (Å²) in [5.41, 5.74) is 0.350. The van der Waals surface area contributed by atoms with Crippen molar-refractivity contribution >= 4 is 23.6 Å². The summed E-state index contributed by atoms with van der Waals surface area (Å²) in [7, 11) is 0. The van der Waals surface area contributed by atoms with Crippen LogP contribution in [0, 0.1) is 10.1 Å². The van der Waals surface area contributed by atoms with E-state index in [9.17, 15) is 24.8 Å². The summed E-state index contributed by atoms with van der Waals surface area (Å²) in [5.74, 6) is -1.26. The quantitative estimate of drug-likeness (QED) is 0.383. The van der Waals surface area contributed by atoms with Crippen molar-refractivity contribution in [3.63, 3.8) is 0 Å². The van der Waals surface area contributed by atoms with Crippen LogP contribution in [0.1, 0.15) is 16.1 Å². The third-order valence-corrected chi connectivity index (χ3v) is 3.79. The Morgan fingerprint density at radius 1 is 1.00 bits per heavy atom. The molecule has 0 spiro atoms. The summed E-state index contributed by atoms with van der Waals surface area (Å²) in [6.07, 6.45) is 1.19. The molecule has 0 saturated carbocycles. The molecule has 1 aromatic heterocycles. The molecule has 8 nitrogen and oxygen atoms in total. The van der Waals surface area contributed by atoms with E-state index < -0.39 is 22.5 Å². The van der Waals surface area contributed by atoms with Crippen LogP contribution in [0.2, 0.25) is 0 Å². The summed E-state index contributed by atoms with van der Waals surface area (Å²) < 4.78 is 5.61. The summed E-state index contributed by atoms with van der Waals surface area (Å²) in [6, 6.07) is 17.4. The van der Waals surface area contributed by atoms with Crippen molar-refractivity contribution in [3.05, 3.63) is 93.9 Å². The molecule has 0 aliphatic heterocycles. The molecule has 0 unspecified atom stereocenters. The average Bonchev–Trinajstić information content (AvgIpc) is 3.16. The molecule has 28 heavy (non-hydrogen) atoms. The van der Waals surface area contributed by atoms with Gasteiger partial charge in [0.05, 0.1) is 4.92 Å². The van der Waals surface area contributed by atoms with Gasteiger partial charge >= 0.3 is 5.97 Å². The van der Waals surface area contributed by atoms with Gasteiger partial charge in [-0.2, -0.15) is 0 Å². The van der Waals surface area contributed by atoms with Gasteiger partial charge in [-0.1, -0.05) is 30.3 Å². The monoisotopic (exact) mass is 378 g/mol. The van der Waals surface area contributed by atoms with E-state index in [1.54, 1.807) is 12.1 Å². The summed E-state index contributed by atoms with van der Waals surface area (Å²) >= 11 is 0. The van der Waals surface area contributed by atoms with Crippen molar-refractivity contribution in [1.29, 1.82) is 0 Å². The van der Waals surface area contributed by atoms with E-state index in [1.807, 2.05) is 30.3 Å². The molecule has 0 bridgehead atoms. The lowest BCUT2D eigenvalue weighted by atomic mass is 10.2. The number of non-ortho nitro benzene ring substituents is 1. The number of aliphatic carboxylic acids is 1. The molecule has 1 heterocycles. The second-order valence-corrected chi connectivity index (χ2v) is 5.69. The Kier molecular flexibility index (Phi) is 5.31. The van der Waals surface area contributed by atoms with E-state index >= 15 is 0 Å². The van der Waals surface area contributed by atoms with Gasteiger partial charge in [0, 0.05) is 29.3 Å². The number of nitro benzene ring substituents is 1. The first-order valence-electron chi connectivity index (χ1n) is 8.10. The van der Waals surface area contributed by atoms with E-state index in [0.29, 0.717) is 5.76 Å². The summed E-state index contributed by atoms with van der Waals surface area (Å²) in [5, 5.41) is 22.3. The molecule has 140 valence electrons. The first kappa shape index (κ1) is 18.6. The van der Waals surface area contributed by atoms with Crippen LogP contribution in [0.3, 0.4) is 0 Å². The zero-order valence-electron chi connectivity index (χ0n) is 14.4. The highest BCUT2D eigenvalue weighted by Crippen LogP contribution is 2.23. The minimum absolute atomic E-state index is 0.0853. The van der Waals surface area contributed by atoms with Gasteiger partial charge in [-0.25, -0.2) is 4.79 Å². The van der Waals surface area contributed by atoms with Gasteiger partial charge in [0.15, 0.2) is 0 Å².